The number of hydrogen-bond donors (Lipinski definition) is 3. The molecule has 1 aliphatic carbocycles. The number of H-pyrrole nitrogens is 1. The number of aromatic amines is 1. The zero-order valence-electron chi connectivity index (χ0n) is 20.9. The average Bonchev–Trinajstić information content (AvgIpc) is 3.49. The van der Waals surface area contributed by atoms with Gasteiger partial charge in [0, 0.05) is 46.4 Å². The van der Waals surface area contributed by atoms with Crippen molar-refractivity contribution in [3.8, 4) is 0 Å². The van der Waals surface area contributed by atoms with Gasteiger partial charge in [0.05, 0.1) is 12.3 Å². The summed E-state index contributed by atoms with van der Waals surface area (Å²) in [4.78, 5) is 50.2. The number of thiazole rings is 1. The predicted molar refractivity (Wildman–Crippen MR) is 142 cm³/mol. The number of halogens is 1. The molecule has 0 unspecified atom stereocenters. The van der Waals surface area contributed by atoms with Crippen LogP contribution in [-0.2, 0) is 22.5 Å². The van der Waals surface area contributed by atoms with Crippen LogP contribution in [0.3, 0.4) is 0 Å². The fourth-order valence-corrected chi connectivity index (χ4v) is 6.35. The first-order valence-corrected chi connectivity index (χ1v) is 13.7. The highest BCUT2D eigenvalue weighted by molar-refractivity contribution is 7.13. The summed E-state index contributed by atoms with van der Waals surface area (Å²) in [6, 6.07) is 6.92. The Morgan fingerprint density at radius 3 is 2.78 bits per heavy atom. The van der Waals surface area contributed by atoms with E-state index in [1.165, 1.54) is 11.3 Å². The fraction of sp³-hybridized carbons (Fsp3) is 0.462. The number of carbonyl (C=O) groups excluding carboxylic acids is 3. The third-order valence-electron chi connectivity index (χ3n) is 7.14. The van der Waals surface area contributed by atoms with Crippen LogP contribution in [0, 0.1) is 0 Å². The van der Waals surface area contributed by atoms with E-state index in [1.54, 1.807) is 31.2 Å². The second-order valence-electron chi connectivity index (χ2n) is 9.80. The quantitative estimate of drug-likeness (QED) is 0.408. The Labute approximate surface area is 223 Å². The molecule has 0 saturated heterocycles. The minimum Gasteiger partial charge on any atom is -0.464 e. The van der Waals surface area contributed by atoms with Crippen molar-refractivity contribution in [2.24, 2.45) is 0 Å². The molecule has 3 heterocycles. The topological polar surface area (TPSA) is 116 Å². The molecule has 196 valence electrons. The van der Waals surface area contributed by atoms with Crippen molar-refractivity contribution in [1.82, 2.24) is 25.5 Å². The number of rotatable bonds is 6. The maximum atomic E-state index is 13.2. The second-order valence-corrected chi connectivity index (χ2v) is 11.3. The monoisotopic (exact) mass is 543 g/mol. The Balaban J connectivity index is 1.26. The van der Waals surface area contributed by atoms with Gasteiger partial charge in [-0.2, -0.15) is 0 Å². The van der Waals surface area contributed by atoms with Crippen molar-refractivity contribution in [3.63, 3.8) is 0 Å². The lowest BCUT2D eigenvalue weighted by molar-refractivity contribution is -0.152. The molecule has 0 bridgehead atoms. The van der Waals surface area contributed by atoms with Gasteiger partial charge in [-0.15, -0.1) is 11.3 Å². The SMILES string of the molecule is CCOC(=O)C1(NC(=O)c2cc3cc(Cl)ccc3[nH]2)CCC(NC(=O)c2nc3c(s2)CN(C)CC3)CC1. The van der Waals surface area contributed by atoms with Gasteiger partial charge >= 0.3 is 5.97 Å². The highest BCUT2D eigenvalue weighted by Crippen LogP contribution is 2.32. The summed E-state index contributed by atoms with van der Waals surface area (Å²) in [6.45, 7) is 3.71. The van der Waals surface area contributed by atoms with Crippen LogP contribution < -0.4 is 10.6 Å². The molecule has 3 N–H and O–H groups in total. The third kappa shape index (κ3) is 5.37. The van der Waals surface area contributed by atoms with Gasteiger partial charge in [0.25, 0.3) is 11.8 Å². The molecule has 2 aromatic heterocycles. The summed E-state index contributed by atoms with van der Waals surface area (Å²) in [5.41, 5.74) is 0.977. The number of nitrogens with zero attached hydrogens (tertiary/aromatic N) is 2. The van der Waals surface area contributed by atoms with Crippen molar-refractivity contribution >= 4 is 51.6 Å². The minimum absolute atomic E-state index is 0.120. The van der Waals surface area contributed by atoms with Crippen LogP contribution in [0.1, 0.15) is 63.5 Å². The van der Waals surface area contributed by atoms with E-state index in [1.807, 2.05) is 0 Å². The van der Waals surface area contributed by atoms with Crippen molar-refractivity contribution in [2.45, 2.75) is 57.2 Å². The van der Waals surface area contributed by atoms with Gasteiger partial charge in [-0.1, -0.05) is 11.6 Å². The van der Waals surface area contributed by atoms with Gasteiger partial charge in [0.15, 0.2) is 5.01 Å². The Morgan fingerprint density at radius 1 is 1.24 bits per heavy atom. The number of benzene rings is 1. The van der Waals surface area contributed by atoms with E-state index in [9.17, 15) is 14.4 Å². The van der Waals surface area contributed by atoms with Gasteiger partial charge in [0.1, 0.15) is 11.2 Å². The summed E-state index contributed by atoms with van der Waals surface area (Å²) in [6.07, 6.45) is 2.62. The largest absolute Gasteiger partial charge is 0.464 e. The highest BCUT2D eigenvalue weighted by atomic mass is 35.5. The highest BCUT2D eigenvalue weighted by Gasteiger charge is 2.45. The molecule has 1 aliphatic heterocycles. The Kier molecular flexibility index (Phi) is 7.24. The molecular formula is C26H30ClN5O4S. The maximum Gasteiger partial charge on any atom is 0.331 e. The fourth-order valence-electron chi connectivity index (χ4n) is 5.08. The van der Waals surface area contributed by atoms with Gasteiger partial charge in [-0.05, 0) is 63.9 Å². The lowest BCUT2D eigenvalue weighted by Crippen LogP contribution is -2.59. The molecule has 2 amide bonds. The molecule has 11 heteroatoms. The predicted octanol–water partition coefficient (Wildman–Crippen LogP) is 3.67. The number of likely N-dealkylation sites (N-methyl/N-ethyl adjacent to an activating group) is 1. The minimum atomic E-state index is -1.16. The first-order valence-electron chi connectivity index (χ1n) is 12.5. The normalized spacial score (nSPS) is 21.9. The third-order valence-corrected chi connectivity index (χ3v) is 8.45. The van der Waals surface area contributed by atoms with Crippen LogP contribution in [0.2, 0.25) is 5.02 Å². The Hall–Kier alpha value is -2.95. The van der Waals surface area contributed by atoms with E-state index < -0.39 is 11.5 Å². The smallest absolute Gasteiger partial charge is 0.331 e. The lowest BCUT2D eigenvalue weighted by atomic mass is 9.79. The molecule has 0 spiro atoms. The van der Waals surface area contributed by atoms with E-state index >= 15 is 0 Å². The summed E-state index contributed by atoms with van der Waals surface area (Å²) in [5.74, 6) is -1.03. The molecule has 0 atom stereocenters. The van der Waals surface area contributed by atoms with E-state index in [2.05, 4.69) is 32.5 Å². The van der Waals surface area contributed by atoms with Crippen LogP contribution >= 0.6 is 22.9 Å². The summed E-state index contributed by atoms with van der Waals surface area (Å²) in [7, 11) is 2.06. The number of nitrogens with one attached hydrogen (secondary N) is 3. The van der Waals surface area contributed by atoms with E-state index in [0.29, 0.717) is 41.4 Å². The number of aromatic nitrogens is 2. The molecular weight excluding hydrogens is 514 g/mol. The van der Waals surface area contributed by atoms with Crippen molar-refractivity contribution < 1.29 is 19.1 Å². The number of ether oxygens (including phenoxy) is 1. The number of amides is 2. The van der Waals surface area contributed by atoms with Crippen LogP contribution in [-0.4, -0.2) is 64.4 Å². The van der Waals surface area contributed by atoms with Crippen LogP contribution in [0.15, 0.2) is 24.3 Å². The van der Waals surface area contributed by atoms with Crippen molar-refractivity contribution in [2.75, 3.05) is 20.2 Å². The number of hydrogen-bond acceptors (Lipinski definition) is 7. The van der Waals surface area contributed by atoms with E-state index in [4.69, 9.17) is 16.3 Å². The Morgan fingerprint density at radius 2 is 2.03 bits per heavy atom. The van der Waals surface area contributed by atoms with Crippen molar-refractivity contribution in [1.29, 1.82) is 0 Å². The van der Waals surface area contributed by atoms with Gasteiger partial charge in [0.2, 0.25) is 0 Å². The number of esters is 1. The Bertz CT molecular complexity index is 1340. The molecule has 3 aromatic rings. The number of carbonyl (C=O) groups is 3. The van der Waals surface area contributed by atoms with Crippen LogP contribution in [0.4, 0.5) is 0 Å². The zero-order chi connectivity index (χ0) is 26.2. The standard InChI is InChI=1S/C26H30ClN5O4S/c1-3-36-25(35)26(31-22(33)20-13-15-12-16(27)4-5-18(15)29-20)9-6-17(7-10-26)28-23(34)24-30-19-8-11-32(2)14-21(19)37-24/h4-5,12-13,17,29H,3,6-11,14H2,1-2H3,(H,28,34)(H,31,33). The van der Waals surface area contributed by atoms with Crippen LogP contribution in [0.25, 0.3) is 10.9 Å². The lowest BCUT2D eigenvalue weighted by Gasteiger charge is -2.38. The summed E-state index contributed by atoms with van der Waals surface area (Å²) in [5, 5.41) is 7.90. The van der Waals surface area contributed by atoms with Crippen LogP contribution in [0.5, 0.6) is 0 Å². The van der Waals surface area contributed by atoms with Gasteiger partial charge < -0.3 is 25.3 Å². The molecule has 2 aliphatic rings. The van der Waals surface area contributed by atoms with E-state index in [0.717, 1.165) is 41.0 Å². The summed E-state index contributed by atoms with van der Waals surface area (Å²) >= 11 is 7.52. The van der Waals surface area contributed by atoms with Gasteiger partial charge in [-0.3, -0.25) is 9.59 Å². The number of fused-ring (bicyclic) bond motifs is 2. The average molecular weight is 544 g/mol. The van der Waals surface area contributed by atoms with E-state index in [-0.39, 0.29) is 24.5 Å². The zero-order valence-corrected chi connectivity index (χ0v) is 22.4. The molecule has 9 nitrogen and oxygen atoms in total. The molecule has 1 fully saturated rings. The first kappa shape index (κ1) is 25.7. The molecule has 1 aromatic carbocycles. The summed E-state index contributed by atoms with van der Waals surface area (Å²) < 4.78 is 5.36. The van der Waals surface area contributed by atoms with Gasteiger partial charge in [-0.25, -0.2) is 9.78 Å². The molecule has 0 radical (unpaired) electrons. The molecule has 37 heavy (non-hydrogen) atoms. The molecule has 5 rings (SSSR count). The molecule has 1 saturated carbocycles. The second kappa shape index (κ2) is 10.4. The van der Waals surface area contributed by atoms with Crippen molar-refractivity contribution in [3.05, 3.63) is 50.6 Å². The first-order chi connectivity index (χ1) is 17.8. The maximum absolute atomic E-state index is 13.2.